The number of rotatable bonds is 2. The molecule has 0 fully saturated rings. The van der Waals surface area contributed by atoms with Crippen molar-refractivity contribution in [2.24, 2.45) is 7.05 Å². The summed E-state index contributed by atoms with van der Waals surface area (Å²) in [5.41, 5.74) is 1.32. The van der Waals surface area contributed by atoms with Gasteiger partial charge in [0, 0.05) is 19.4 Å². The SMILES string of the molecule is Cn1nccc1-c1ncc(C(=O)O)cc1Cl. The molecule has 0 amide bonds. The molecule has 0 saturated carbocycles. The third-order valence-electron chi connectivity index (χ3n) is 2.15. The number of hydrogen-bond acceptors (Lipinski definition) is 3. The van der Waals surface area contributed by atoms with Crippen LogP contribution in [0.25, 0.3) is 11.4 Å². The molecule has 16 heavy (non-hydrogen) atoms. The molecule has 0 aromatic carbocycles. The summed E-state index contributed by atoms with van der Waals surface area (Å²) in [4.78, 5) is 14.7. The van der Waals surface area contributed by atoms with E-state index in [0.717, 1.165) is 5.69 Å². The molecule has 2 aromatic heterocycles. The zero-order valence-corrected chi connectivity index (χ0v) is 9.14. The molecule has 0 atom stereocenters. The lowest BCUT2D eigenvalue weighted by Gasteiger charge is -2.04. The van der Waals surface area contributed by atoms with Crippen molar-refractivity contribution < 1.29 is 9.90 Å². The van der Waals surface area contributed by atoms with Crippen LogP contribution in [0.2, 0.25) is 5.02 Å². The maximum absolute atomic E-state index is 10.7. The molecule has 0 unspecified atom stereocenters. The Labute approximate surface area is 96.3 Å². The Kier molecular flexibility index (Phi) is 2.62. The average Bonchev–Trinajstić information content (AvgIpc) is 2.64. The topological polar surface area (TPSA) is 68.0 Å². The average molecular weight is 238 g/mol. The highest BCUT2D eigenvalue weighted by atomic mass is 35.5. The van der Waals surface area contributed by atoms with Gasteiger partial charge in [0.05, 0.1) is 16.3 Å². The van der Waals surface area contributed by atoms with Crippen LogP contribution in [-0.4, -0.2) is 25.8 Å². The maximum atomic E-state index is 10.7. The summed E-state index contributed by atoms with van der Waals surface area (Å²) in [7, 11) is 1.76. The van der Waals surface area contributed by atoms with E-state index in [0.29, 0.717) is 10.7 Å². The fourth-order valence-corrected chi connectivity index (χ4v) is 1.61. The summed E-state index contributed by atoms with van der Waals surface area (Å²) in [5.74, 6) is -1.05. The Balaban J connectivity index is 2.52. The number of carboxylic acids is 1. The van der Waals surface area contributed by atoms with Gasteiger partial charge in [-0.3, -0.25) is 9.67 Å². The van der Waals surface area contributed by atoms with Gasteiger partial charge in [-0.2, -0.15) is 5.10 Å². The lowest BCUT2D eigenvalue weighted by atomic mass is 10.2. The zero-order valence-electron chi connectivity index (χ0n) is 8.38. The van der Waals surface area contributed by atoms with Crippen LogP contribution in [0.1, 0.15) is 10.4 Å². The molecule has 0 aliphatic rings. The van der Waals surface area contributed by atoms with Gasteiger partial charge in [0.25, 0.3) is 0 Å². The van der Waals surface area contributed by atoms with Gasteiger partial charge in [-0.15, -0.1) is 0 Å². The predicted octanol–water partition coefficient (Wildman–Crippen LogP) is 1.83. The smallest absolute Gasteiger partial charge is 0.337 e. The third-order valence-corrected chi connectivity index (χ3v) is 2.44. The molecule has 0 aliphatic heterocycles. The number of hydrogen-bond donors (Lipinski definition) is 1. The van der Waals surface area contributed by atoms with Crippen LogP contribution in [-0.2, 0) is 7.05 Å². The Morgan fingerprint density at radius 1 is 1.56 bits per heavy atom. The quantitative estimate of drug-likeness (QED) is 0.865. The van der Waals surface area contributed by atoms with E-state index >= 15 is 0 Å². The Morgan fingerprint density at radius 3 is 2.81 bits per heavy atom. The summed E-state index contributed by atoms with van der Waals surface area (Å²) < 4.78 is 1.62. The van der Waals surface area contributed by atoms with Gasteiger partial charge in [0.15, 0.2) is 0 Å². The molecule has 82 valence electrons. The van der Waals surface area contributed by atoms with E-state index in [4.69, 9.17) is 16.7 Å². The number of halogens is 1. The molecule has 0 spiro atoms. The molecule has 5 nitrogen and oxygen atoms in total. The van der Waals surface area contributed by atoms with Crippen LogP contribution < -0.4 is 0 Å². The van der Waals surface area contributed by atoms with E-state index in [9.17, 15) is 4.79 Å². The van der Waals surface area contributed by atoms with Gasteiger partial charge in [-0.1, -0.05) is 11.6 Å². The molecule has 2 aromatic rings. The number of aromatic carboxylic acids is 1. The number of nitrogens with zero attached hydrogens (tertiary/aromatic N) is 3. The van der Waals surface area contributed by atoms with Gasteiger partial charge >= 0.3 is 5.97 Å². The van der Waals surface area contributed by atoms with Crippen LogP contribution in [0.4, 0.5) is 0 Å². The predicted molar refractivity (Wildman–Crippen MR) is 58.4 cm³/mol. The van der Waals surface area contributed by atoms with E-state index in [-0.39, 0.29) is 5.56 Å². The third kappa shape index (κ3) is 1.77. The van der Waals surface area contributed by atoms with E-state index < -0.39 is 5.97 Å². The highest BCUT2D eigenvalue weighted by Gasteiger charge is 2.12. The highest BCUT2D eigenvalue weighted by molar-refractivity contribution is 6.33. The van der Waals surface area contributed by atoms with Gasteiger partial charge in [0.1, 0.15) is 5.69 Å². The second-order valence-corrected chi connectivity index (χ2v) is 3.61. The summed E-state index contributed by atoms with van der Waals surface area (Å²) in [6, 6.07) is 3.13. The van der Waals surface area contributed by atoms with E-state index in [1.54, 1.807) is 24.0 Å². The highest BCUT2D eigenvalue weighted by Crippen LogP contribution is 2.25. The number of pyridine rings is 1. The lowest BCUT2D eigenvalue weighted by Crippen LogP contribution is -2.00. The van der Waals surface area contributed by atoms with Crippen LogP contribution in [0.5, 0.6) is 0 Å². The van der Waals surface area contributed by atoms with Gasteiger partial charge in [0.2, 0.25) is 0 Å². The number of aryl methyl sites for hydroxylation is 1. The fourth-order valence-electron chi connectivity index (χ4n) is 1.35. The van der Waals surface area contributed by atoms with Crippen molar-refractivity contribution in [1.29, 1.82) is 0 Å². The molecule has 2 heterocycles. The second-order valence-electron chi connectivity index (χ2n) is 3.20. The number of aromatic nitrogens is 3. The first-order valence-electron chi connectivity index (χ1n) is 4.47. The monoisotopic (exact) mass is 237 g/mol. The molecule has 0 radical (unpaired) electrons. The summed E-state index contributed by atoms with van der Waals surface area (Å²) in [6.07, 6.45) is 2.90. The first-order chi connectivity index (χ1) is 7.59. The van der Waals surface area contributed by atoms with Crippen molar-refractivity contribution in [2.75, 3.05) is 0 Å². The van der Waals surface area contributed by atoms with E-state index in [1.807, 2.05) is 0 Å². The van der Waals surface area contributed by atoms with Gasteiger partial charge in [-0.05, 0) is 12.1 Å². The molecule has 0 bridgehead atoms. The Bertz CT molecular complexity index is 551. The van der Waals surface area contributed by atoms with Crippen LogP contribution in [0, 0.1) is 0 Å². The molecular weight excluding hydrogens is 230 g/mol. The minimum atomic E-state index is -1.05. The maximum Gasteiger partial charge on any atom is 0.337 e. The van der Waals surface area contributed by atoms with Gasteiger partial charge < -0.3 is 5.11 Å². The van der Waals surface area contributed by atoms with Crippen LogP contribution in [0.3, 0.4) is 0 Å². The lowest BCUT2D eigenvalue weighted by molar-refractivity contribution is 0.0696. The van der Waals surface area contributed by atoms with Crippen molar-refractivity contribution in [3.05, 3.63) is 35.1 Å². The number of carbonyl (C=O) groups is 1. The summed E-state index contributed by atoms with van der Waals surface area (Å²) in [6.45, 7) is 0. The van der Waals surface area contributed by atoms with E-state index in [1.165, 1.54) is 12.3 Å². The standard InChI is InChI=1S/C10H8ClN3O2/c1-14-8(2-3-13-14)9-7(11)4-6(5-12-9)10(15)16/h2-5H,1H3,(H,15,16). The summed E-state index contributed by atoms with van der Waals surface area (Å²) >= 11 is 5.97. The molecule has 0 saturated heterocycles. The molecule has 2 rings (SSSR count). The largest absolute Gasteiger partial charge is 0.478 e. The van der Waals surface area contributed by atoms with E-state index in [2.05, 4.69) is 10.1 Å². The molecule has 1 N–H and O–H groups in total. The van der Waals surface area contributed by atoms with Crippen LogP contribution in [0.15, 0.2) is 24.5 Å². The number of carboxylic acid groups (broad SMARTS) is 1. The van der Waals surface area contributed by atoms with Gasteiger partial charge in [-0.25, -0.2) is 4.79 Å². The van der Waals surface area contributed by atoms with Crippen LogP contribution >= 0.6 is 11.6 Å². The molecule has 6 heteroatoms. The van der Waals surface area contributed by atoms with Crippen molar-refractivity contribution in [3.63, 3.8) is 0 Å². The minimum Gasteiger partial charge on any atom is -0.478 e. The van der Waals surface area contributed by atoms with Crippen molar-refractivity contribution in [1.82, 2.24) is 14.8 Å². The Morgan fingerprint density at radius 2 is 2.31 bits per heavy atom. The normalized spacial score (nSPS) is 10.4. The summed E-state index contributed by atoms with van der Waals surface area (Å²) in [5, 5.41) is 13.1. The molecular formula is C10H8ClN3O2. The fraction of sp³-hybridized carbons (Fsp3) is 0.100. The molecule has 0 aliphatic carbocycles. The first-order valence-corrected chi connectivity index (χ1v) is 4.84. The second kappa shape index (κ2) is 3.94. The Hall–Kier alpha value is -1.88. The van der Waals surface area contributed by atoms with Crippen molar-refractivity contribution in [3.8, 4) is 11.4 Å². The van der Waals surface area contributed by atoms with Crippen molar-refractivity contribution in [2.45, 2.75) is 0 Å². The minimum absolute atomic E-state index is 0.0657. The zero-order chi connectivity index (χ0) is 11.7. The van der Waals surface area contributed by atoms with Crippen molar-refractivity contribution >= 4 is 17.6 Å². The first kappa shape index (κ1) is 10.6.